The number of hydrogen-bond donors (Lipinski definition) is 0. The van der Waals surface area contributed by atoms with Crippen LogP contribution in [0, 0.1) is 0 Å². The number of hydrogen-bond acceptors (Lipinski definition) is 0. The second-order valence-electron chi connectivity index (χ2n) is 9.83. The zero-order valence-electron chi connectivity index (χ0n) is 21.5. The maximum absolute atomic E-state index is 2.45. The third-order valence-electron chi connectivity index (χ3n) is 6.62. The standard InChI is InChI=1S/C30H60/c1-3-5-7-9-11-13-15-17-19-21-23-25-27-29-30-28-26-24-22-20-18-16-14-12-10-8-6-4-2/h25,27H,3-24,26,28-30H2,1-2H3. The highest BCUT2D eigenvalue weighted by Crippen LogP contribution is 2.14. The van der Waals surface area contributed by atoms with Crippen molar-refractivity contribution in [2.45, 2.75) is 181 Å². The molecule has 0 aromatic rings. The summed E-state index contributed by atoms with van der Waals surface area (Å²) >= 11 is 0. The maximum Gasteiger partial charge on any atom is -0.0351 e. The summed E-state index contributed by atoms with van der Waals surface area (Å²) in [6.45, 7) is 4.60. The molecule has 0 bridgehead atoms. The molecule has 0 unspecified atom stereocenters. The third-order valence-corrected chi connectivity index (χ3v) is 6.62. The summed E-state index contributed by atoms with van der Waals surface area (Å²) in [4.78, 5) is 0. The predicted molar refractivity (Wildman–Crippen MR) is 141 cm³/mol. The SMILES string of the molecule is CCCCCCCCCCCCC=CCCCCCCCCCCCCCCCC. The van der Waals surface area contributed by atoms with Gasteiger partial charge in [0.2, 0.25) is 0 Å². The molecule has 0 aromatic carbocycles. The molecule has 30 heavy (non-hydrogen) atoms. The van der Waals surface area contributed by atoms with Crippen LogP contribution in [0.15, 0.2) is 12.2 Å². The lowest BCUT2D eigenvalue weighted by Gasteiger charge is -2.03. The molecule has 0 saturated heterocycles. The minimum absolute atomic E-state index is 1.31. The third kappa shape index (κ3) is 27.7. The van der Waals surface area contributed by atoms with Gasteiger partial charge < -0.3 is 0 Å². The Morgan fingerprint density at radius 1 is 0.267 bits per heavy atom. The van der Waals surface area contributed by atoms with Gasteiger partial charge in [-0.05, 0) is 25.7 Å². The fourth-order valence-electron chi connectivity index (χ4n) is 4.44. The van der Waals surface area contributed by atoms with Crippen LogP contribution in [0.4, 0.5) is 0 Å². The highest BCUT2D eigenvalue weighted by molar-refractivity contribution is 4.81. The Hall–Kier alpha value is -0.260. The largest absolute Gasteiger partial charge is 0.0885 e. The van der Waals surface area contributed by atoms with Crippen molar-refractivity contribution in [3.63, 3.8) is 0 Å². The van der Waals surface area contributed by atoms with Crippen molar-refractivity contribution in [2.75, 3.05) is 0 Å². The van der Waals surface area contributed by atoms with Gasteiger partial charge in [-0.25, -0.2) is 0 Å². The number of allylic oxidation sites excluding steroid dienone is 2. The van der Waals surface area contributed by atoms with E-state index in [0.29, 0.717) is 0 Å². The van der Waals surface area contributed by atoms with Crippen LogP contribution < -0.4 is 0 Å². The van der Waals surface area contributed by atoms with Crippen molar-refractivity contribution in [1.29, 1.82) is 0 Å². The Morgan fingerprint density at radius 2 is 0.467 bits per heavy atom. The van der Waals surface area contributed by atoms with Crippen molar-refractivity contribution >= 4 is 0 Å². The van der Waals surface area contributed by atoms with Crippen molar-refractivity contribution in [2.24, 2.45) is 0 Å². The molecule has 0 fully saturated rings. The summed E-state index contributed by atoms with van der Waals surface area (Å²) in [7, 11) is 0. The maximum atomic E-state index is 2.45. The first-order chi connectivity index (χ1) is 14.9. The summed E-state index contributed by atoms with van der Waals surface area (Å²) in [6.07, 6.45) is 42.4. The summed E-state index contributed by atoms with van der Waals surface area (Å²) in [5.41, 5.74) is 0. The second-order valence-corrected chi connectivity index (χ2v) is 9.83. The molecule has 0 nitrogen and oxygen atoms in total. The molecule has 0 aliphatic carbocycles. The Bertz CT molecular complexity index is 303. The normalized spacial score (nSPS) is 11.7. The minimum atomic E-state index is 1.31. The molecule has 0 heteroatoms. The van der Waals surface area contributed by atoms with Gasteiger partial charge >= 0.3 is 0 Å². The fourth-order valence-corrected chi connectivity index (χ4v) is 4.44. The Morgan fingerprint density at radius 3 is 0.700 bits per heavy atom. The average molecular weight is 421 g/mol. The van der Waals surface area contributed by atoms with Gasteiger partial charge in [-0.1, -0.05) is 167 Å². The minimum Gasteiger partial charge on any atom is -0.0885 e. The van der Waals surface area contributed by atoms with Crippen molar-refractivity contribution in [1.82, 2.24) is 0 Å². The van der Waals surface area contributed by atoms with Crippen LogP contribution in [0.3, 0.4) is 0 Å². The van der Waals surface area contributed by atoms with Crippen molar-refractivity contribution < 1.29 is 0 Å². The van der Waals surface area contributed by atoms with Gasteiger partial charge in [0.25, 0.3) is 0 Å². The van der Waals surface area contributed by atoms with E-state index in [1.54, 1.807) is 0 Å². The second kappa shape index (κ2) is 28.7. The molecule has 180 valence electrons. The predicted octanol–water partition coefficient (Wildman–Crippen LogP) is 11.7. The van der Waals surface area contributed by atoms with Crippen molar-refractivity contribution in [3.8, 4) is 0 Å². The van der Waals surface area contributed by atoms with Gasteiger partial charge in [-0.2, -0.15) is 0 Å². The Labute approximate surface area is 193 Å². The molecule has 0 heterocycles. The molecule has 0 aliphatic heterocycles. The zero-order valence-corrected chi connectivity index (χ0v) is 21.5. The van der Waals surface area contributed by atoms with Gasteiger partial charge in [-0.15, -0.1) is 0 Å². The highest BCUT2D eigenvalue weighted by atomic mass is 14.0. The lowest BCUT2D eigenvalue weighted by molar-refractivity contribution is 0.536. The van der Waals surface area contributed by atoms with E-state index in [4.69, 9.17) is 0 Å². The number of unbranched alkanes of at least 4 members (excludes halogenated alkanes) is 24. The summed E-state index contributed by atoms with van der Waals surface area (Å²) in [5, 5.41) is 0. The fraction of sp³-hybridized carbons (Fsp3) is 0.933. The van der Waals surface area contributed by atoms with Crippen LogP contribution in [-0.4, -0.2) is 0 Å². The highest BCUT2D eigenvalue weighted by Gasteiger charge is 1.94. The molecule has 0 aromatic heterocycles. The van der Waals surface area contributed by atoms with E-state index in [-0.39, 0.29) is 0 Å². The lowest BCUT2D eigenvalue weighted by atomic mass is 10.0. The van der Waals surface area contributed by atoms with E-state index >= 15 is 0 Å². The molecule has 0 aliphatic rings. The molecule has 0 rings (SSSR count). The topological polar surface area (TPSA) is 0 Å². The van der Waals surface area contributed by atoms with Gasteiger partial charge in [0.15, 0.2) is 0 Å². The first-order valence-electron chi connectivity index (χ1n) is 14.6. The summed E-state index contributed by atoms with van der Waals surface area (Å²) in [6, 6.07) is 0. The van der Waals surface area contributed by atoms with E-state index in [1.165, 1.54) is 167 Å². The Balaban J connectivity index is 3.05. The van der Waals surface area contributed by atoms with E-state index in [0.717, 1.165) is 0 Å². The van der Waals surface area contributed by atoms with E-state index in [2.05, 4.69) is 26.0 Å². The average Bonchev–Trinajstić information content (AvgIpc) is 2.76. The molecule has 0 spiro atoms. The summed E-state index contributed by atoms with van der Waals surface area (Å²) in [5.74, 6) is 0. The van der Waals surface area contributed by atoms with E-state index in [9.17, 15) is 0 Å². The molecule has 0 amide bonds. The lowest BCUT2D eigenvalue weighted by Crippen LogP contribution is -1.83. The smallest absolute Gasteiger partial charge is 0.0351 e. The van der Waals surface area contributed by atoms with Crippen LogP contribution in [0.5, 0.6) is 0 Å². The van der Waals surface area contributed by atoms with Crippen LogP contribution in [0.2, 0.25) is 0 Å². The van der Waals surface area contributed by atoms with Crippen LogP contribution in [0.25, 0.3) is 0 Å². The molecule has 0 radical (unpaired) electrons. The molecule has 0 saturated carbocycles. The van der Waals surface area contributed by atoms with Crippen LogP contribution in [0.1, 0.15) is 181 Å². The van der Waals surface area contributed by atoms with Crippen LogP contribution >= 0.6 is 0 Å². The first-order valence-corrected chi connectivity index (χ1v) is 14.6. The van der Waals surface area contributed by atoms with Gasteiger partial charge in [0.05, 0.1) is 0 Å². The van der Waals surface area contributed by atoms with E-state index < -0.39 is 0 Å². The molecular formula is C30H60. The Kier molecular flexibility index (Phi) is 28.5. The van der Waals surface area contributed by atoms with Crippen molar-refractivity contribution in [3.05, 3.63) is 12.2 Å². The number of rotatable bonds is 26. The van der Waals surface area contributed by atoms with Gasteiger partial charge in [0.1, 0.15) is 0 Å². The van der Waals surface area contributed by atoms with Gasteiger partial charge in [-0.3, -0.25) is 0 Å². The monoisotopic (exact) mass is 420 g/mol. The quantitative estimate of drug-likeness (QED) is 0.0963. The van der Waals surface area contributed by atoms with Gasteiger partial charge in [0, 0.05) is 0 Å². The molecule has 0 atom stereocenters. The molecular weight excluding hydrogens is 360 g/mol. The zero-order chi connectivity index (χ0) is 21.8. The summed E-state index contributed by atoms with van der Waals surface area (Å²) < 4.78 is 0. The first kappa shape index (κ1) is 29.7. The molecule has 0 N–H and O–H groups in total. The van der Waals surface area contributed by atoms with Crippen LogP contribution in [-0.2, 0) is 0 Å². The van der Waals surface area contributed by atoms with E-state index in [1.807, 2.05) is 0 Å².